The summed E-state index contributed by atoms with van der Waals surface area (Å²) in [6, 6.07) is 21.5. The quantitative estimate of drug-likeness (QED) is 0.887. The Labute approximate surface area is 143 Å². The summed E-state index contributed by atoms with van der Waals surface area (Å²) in [7, 11) is 0. The number of carbonyl (C=O) groups is 1. The van der Waals surface area contributed by atoms with Gasteiger partial charge in [-0.2, -0.15) is 0 Å². The number of nitrogens with zero attached hydrogens (tertiary/aromatic N) is 2. The maximum atomic E-state index is 10.7. The average Bonchev–Trinajstić information content (AvgIpc) is 2.63. The van der Waals surface area contributed by atoms with E-state index >= 15 is 0 Å². The minimum absolute atomic E-state index is 0.223. The van der Waals surface area contributed by atoms with Crippen LogP contribution in [-0.2, 0) is 4.79 Å². The van der Waals surface area contributed by atoms with Crippen LogP contribution in [0.5, 0.6) is 0 Å². The number of hydrogen-bond donors (Lipinski definition) is 1. The molecule has 24 heavy (non-hydrogen) atoms. The summed E-state index contributed by atoms with van der Waals surface area (Å²) in [6.45, 7) is 4.39. The van der Waals surface area contributed by atoms with Crippen LogP contribution in [0.15, 0.2) is 60.7 Å². The van der Waals surface area contributed by atoms with Gasteiger partial charge in [0.15, 0.2) is 0 Å². The molecule has 0 spiro atoms. The first-order valence-electron chi connectivity index (χ1n) is 8.52. The number of aliphatic carboxylic acids is 1. The van der Waals surface area contributed by atoms with Crippen molar-refractivity contribution in [3.05, 3.63) is 71.8 Å². The lowest BCUT2D eigenvalue weighted by molar-refractivity contribution is -0.137. The van der Waals surface area contributed by atoms with Crippen molar-refractivity contribution >= 4 is 5.97 Å². The van der Waals surface area contributed by atoms with Crippen molar-refractivity contribution in [3.63, 3.8) is 0 Å². The first-order valence-corrected chi connectivity index (χ1v) is 8.52. The molecule has 126 valence electrons. The number of piperazine rings is 1. The van der Waals surface area contributed by atoms with Crippen molar-refractivity contribution in [2.45, 2.75) is 12.5 Å². The Morgan fingerprint density at radius 3 is 1.83 bits per heavy atom. The highest BCUT2D eigenvalue weighted by molar-refractivity contribution is 5.66. The summed E-state index contributed by atoms with van der Waals surface area (Å²) in [6.07, 6.45) is 0.223. The molecule has 0 amide bonds. The topological polar surface area (TPSA) is 43.8 Å². The SMILES string of the molecule is O=C(O)CCN1CCN(C(c2ccccc2)c2ccccc2)CC1. The van der Waals surface area contributed by atoms with Gasteiger partial charge in [0, 0.05) is 32.7 Å². The highest BCUT2D eigenvalue weighted by atomic mass is 16.4. The molecule has 1 fully saturated rings. The fourth-order valence-electron chi connectivity index (χ4n) is 3.38. The van der Waals surface area contributed by atoms with Crippen molar-refractivity contribution in [1.82, 2.24) is 9.80 Å². The zero-order valence-electron chi connectivity index (χ0n) is 13.8. The molecule has 0 saturated carbocycles. The molecule has 1 N–H and O–H groups in total. The fourth-order valence-corrected chi connectivity index (χ4v) is 3.38. The molecule has 0 aromatic heterocycles. The first kappa shape index (κ1) is 16.7. The number of carboxylic acids is 1. The standard InChI is InChI=1S/C20H24N2O2/c23-19(24)11-12-21-13-15-22(16-14-21)20(17-7-3-1-4-8-17)18-9-5-2-6-10-18/h1-10,20H,11-16H2,(H,23,24). The van der Waals surface area contributed by atoms with E-state index in [4.69, 9.17) is 5.11 Å². The summed E-state index contributed by atoms with van der Waals surface area (Å²) in [5.41, 5.74) is 2.62. The van der Waals surface area contributed by atoms with Crippen LogP contribution < -0.4 is 0 Å². The zero-order chi connectivity index (χ0) is 16.8. The molecule has 3 rings (SSSR count). The van der Waals surface area contributed by atoms with E-state index in [-0.39, 0.29) is 12.5 Å². The van der Waals surface area contributed by atoms with E-state index in [1.165, 1.54) is 11.1 Å². The number of rotatable bonds is 6. The van der Waals surface area contributed by atoms with Gasteiger partial charge in [-0.25, -0.2) is 0 Å². The zero-order valence-corrected chi connectivity index (χ0v) is 13.8. The number of hydrogen-bond acceptors (Lipinski definition) is 3. The maximum absolute atomic E-state index is 10.7. The third-order valence-electron chi connectivity index (χ3n) is 4.64. The third-order valence-corrected chi connectivity index (χ3v) is 4.64. The Balaban J connectivity index is 1.73. The van der Waals surface area contributed by atoms with E-state index in [0.717, 1.165) is 26.2 Å². The highest BCUT2D eigenvalue weighted by Gasteiger charge is 2.26. The molecule has 1 heterocycles. The summed E-state index contributed by atoms with van der Waals surface area (Å²) in [5, 5.41) is 8.84. The molecule has 1 aliphatic rings. The Hall–Kier alpha value is -2.17. The molecule has 0 bridgehead atoms. The summed E-state index contributed by atoms with van der Waals surface area (Å²) >= 11 is 0. The average molecular weight is 324 g/mol. The Bertz CT molecular complexity index is 598. The van der Waals surface area contributed by atoms with Crippen LogP contribution in [-0.4, -0.2) is 53.6 Å². The van der Waals surface area contributed by atoms with Crippen molar-refractivity contribution in [2.75, 3.05) is 32.7 Å². The molecule has 2 aromatic carbocycles. The van der Waals surface area contributed by atoms with Gasteiger partial charge >= 0.3 is 5.97 Å². The van der Waals surface area contributed by atoms with E-state index in [0.29, 0.717) is 6.54 Å². The van der Waals surface area contributed by atoms with E-state index in [2.05, 4.69) is 70.5 Å². The monoisotopic (exact) mass is 324 g/mol. The van der Waals surface area contributed by atoms with Crippen LogP contribution >= 0.6 is 0 Å². The lowest BCUT2D eigenvalue weighted by Crippen LogP contribution is -2.48. The van der Waals surface area contributed by atoms with Crippen molar-refractivity contribution in [3.8, 4) is 0 Å². The molecule has 1 saturated heterocycles. The van der Waals surface area contributed by atoms with Gasteiger partial charge in [0.25, 0.3) is 0 Å². The second kappa shape index (κ2) is 8.08. The van der Waals surface area contributed by atoms with E-state index in [1.54, 1.807) is 0 Å². The predicted molar refractivity (Wildman–Crippen MR) is 95.0 cm³/mol. The number of benzene rings is 2. The van der Waals surface area contributed by atoms with E-state index in [9.17, 15) is 4.79 Å². The van der Waals surface area contributed by atoms with Crippen LogP contribution in [0.1, 0.15) is 23.6 Å². The minimum Gasteiger partial charge on any atom is -0.481 e. The molecular formula is C20H24N2O2. The number of carboxylic acid groups (broad SMARTS) is 1. The molecule has 0 atom stereocenters. The second-order valence-electron chi connectivity index (χ2n) is 6.25. The predicted octanol–water partition coefficient (Wildman–Crippen LogP) is 2.87. The largest absolute Gasteiger partial charge is 0.481 e. The lowest BCUT2D eigenvalue weighted by atomic mass is 9.96. The molecule has 0 unspecified atom stereocenters. The second-order valence-corrected chi connectivity index (χ2v) is 6.25. The molecule has 0 radical (unpaired) electrons. The van der Waals surface area contributed by atoms with Crippen molar-refractivity contribution < 1.29 is 9.90 Å². The van der Waals surface area contributed by atoms with Gasteiger partial charge in [-0.3, -0.25) is 9.69 Å². The van der Waals surface area contributed by atoms with E-state index < -0.39 is 5.97 Å². The van der Waals surface area contributed by atoms with Crippen LogP contribution in [0.2, 0.25) is 0 Å². The molecule has 1 aliphatic heterocycles. The molecule has 4 heteroatoms. The lowest BCUT2D eigenvalue weighted by Gasteiger charge is -2.39. The van der Waals surface area contributed by atoms with Gasteiger partial charge in [-0.05, 0) is 11.1 Å². The normalized spacial score (nSPS) is 16.4. The smallest absolute Gasteiger partial charge is 0.304 e. The minimum atomic E-state index is -0.719. The Morgan fingerprint density at radius 1 is 0.875 bits per heavy atom. The van der Waals surface area contributed by atoms with Gasteiger partial charge in [0.1, 0.15) is 0 Å². The molecular weight excluding hydrogens is 300 g/mol. The maximum Gasteiger partial charge on any atom is 0.304 e. The van der Waals surface area contributed by atoms with Crippen LogP contribution in [0.4, 0.5) is 0 Å². The molecule has 4 nitrogen and oxygen atoms in total. The van der Waals surface area contributed by atoms with Crippen LogP contribution in [0.25, 0.3) is 0 Å². The van der Waals surface area contributed by atoms with Gasteiger partial charge in [-0.15, -0.1) is 0 Å². The third kappa shape index (κ3) is 4.22. The molecule has 0 aliphatic carbocycles. The van der Waals surface area contributed by atoms with Crippen molar-refractivity contribution in [2.24, 2.45) is 0 Å². The van der Waals surface area contributed by atoms with Gasteiger partial charge in [0.2, 0.25) is 0 Å². The summed E-state index contributed by atoms with van der Waals surface area (Å²) in [4.78, 5) is 15.5. The summed E-state index contributed by atoms with van der Waals surface area (Å²) < 4.78 is 0. The van der Waals surface area contributed by atoms with E-state index in [1.807, 2.05) is 0 Å². The van der Waals surface area contributed by atoms with Gasteiger partial charge < -0.3 is 10.0 Å². The van der Waals surface area contributed by atoms with Crippen LogP contribution in [0.3, 0.4) is 0 Å². The van der Waals surface area contributed by atoms with Gasteiger partial charge in [-0.1, -0.05) is 60.7 Å². The fraction of sp³-hybridized carbons (Fsp3) is 0.350. The Kier molecular flexibility index (Phi) is 5.62. The Morgan fingerprint density at radius 2 is 1.38 bits per heavy atom. The highest BCUT2D eigenvalue weighted by Crippen LogP contribution is 2.29. The van der Waals surface area contributed by atoms with Crippen LogP contribution in [0, 0.1) is 0 Å². The summed E-state index contributed by atoms with van der Waals surface area (Å²) in [5.74, 6) is -0.719. The van der Waals surface area contributed by atoms with Gasteiger partial charge in [0.05, 0.1) is 12.5 Å². The van der Waals surface area contributed by atoms with Crippen molar-refractivity contribution in [1.29, 1.82) is 0 Å². The molecule has 2 aromatic rings. The first-order chi connectivity index (χ1) is 11.7.